The van der Waals surface area contributed by atoms with Gasteiger partial charge in [0.1, 0.15) is 0 Å². The fourth-order valence-electron chi connectivity index (χ4n) is 2.55. The quantitative estimate of drug-likeness (QED) is 0.760. The lowest BCUT2D eigenvalue weighted by Crippen LogP contribution is -2.50. The standard InChI is InChI=1S/C16H24N2O3S2/c1-13(2)12-16(19)17-8-10-18(11-9-17)23(20,21)15-6-4-14(22-3)5-7-15/h4-7,13H,8-12H2,1-3H3. The van der Waals surface area contributed by atoms with Gasteiger partial charge in [-0.15, -0.1) is 11.8 Å². The molecular weight excluding hydrogens is 332 g/mol. The summed E-state index contributed by atoms with van der Waals surface area (Å²) in [4.78, 5) is 15.2. The summed E-state index contributed by atoms with van der Waals surface area (Å²) < 4.78 is 26.8. The van der Waals surface area contributed by atoms with Crippen LogP contribution in [0.1, 0.15) is 20.3 Å². The highest BCUT2D eigenvalue weighted by Gasteiger charge is 2.30. The monoisotopic (exact) mass is 356 g/mol. The predicted octanol–water partition coefficient (Wildman–Crippen LogP) is 2.29. The van der Waals surface area contributed by atoms with E-state index >= 15 is 0 Å². The zero-order valence-electron chi connectivity index (χ0n) is 13.9. The average molecular weight is 357 g/mol. The van der Waals surface area contributed by atoms with Gasteiger partial charge < -0.3 is 4.90 Å². The van der Waals surface area contributed by atoms with Gasteiger partial charge in [0, 0.05) is 37.5 Å². The minimum Gasteiger partial charge on any atom is -0.340 e. The molecule has 2 rings (SSSR count). The number of sulfonamides is 1. The molecule has 1 fully saturated rings. The summed E-state index contributed by atoms with van der Waals surface area (Å²) in [6, 6.07) is 6.94. The van der Waals surface area contributed by atoms with Crippen molar-refractivity contribution >= 4 is 27.7 Å². The summed E-state index contributed by atoms with van der Waals surface area (Å²) in [6.45, 7) is 5.67. The third-order valence-corrected chi connectivity index (χ3v) is 6.53. The molecule has 1 aliphatic heterocycles. The Hall–Kier alpha value is -1.05. The topological polar surface area (TPSA) is 57.7 Å². The van der Waals surface area contributed by atoms with E-state index in [-0.39, 0.29) is 5.91 Å². The molecule has 1 aromatic rings. The number of hydrogen-bond acceptors (Lipinski definition) is 4. The van der Waals surface area contributed by atoms with Gasteiger partial charge in [-0.1, -0.05) is 13.8 Å². The van der Waals surface area contributed by atoms with Crippen LogP contribution in [0, 0.1) is 5.92 Å². The van der Waals surface area contributed by atoms with Crippen molar-refractivity contribution in [2.45, 2.75) is 30.1 Å². The van der Waals surface area contributed by atoms with E-state index in [1.807, 2.05) is 32.2 Å². The molecule has 0 spiro atoms. The number of rotatable bonds is 5. The Morgan fingerprint density at radius 1 is 1.13 bits per heavy atom. The number of carbonyl (C=O) groups is 1. The molecule has 5 nitrogen and oxygen atoms in total. The first-order chi connectivity index (χ1) is 10.8. The normalized spacial score (nSPS) is 16.8. The largest absolute Gasteiger partial charge is 0.340 e. The molecule has 1 aliphatic rings. The number of hydrogen-bond donors (Lipinski definition) is 0. The summed E-state index contributed by atoms with van der Waals surface area (Å²) in [6.07, 6.45) is 2.47. The molecule has 1 aromatic carbocycles. The van der Waals surface area contributed by atoms with Gasteiger partial charge in [-0.3, -0.25) is 4.79 Å². The zero-order chi connectivity index (χ0) is 17.0. The van der Waals surface area contributed by atoms with Gasteiger partial charge in [0.05, 0.1) is 4.90 Å². The lowest BCUT2D eigenvalue weighted by Gasteiger charge is -2.34. The molecule has 0 atom stereocenters. The van der Waals surface area contributed by atoms with Crippen LogP contribution in [0.25, 0.3) is 0 Å². The van der Waals surface area contributed by atoms with Gasteiger partial charge in [0.25, 0.3) is 0 Å². The molecule has 7 heteroatoms. The van der Waals surface area contributed by atoms with E-state index in [0.29, 0.717) is 43.4 Å². The second-order valence-corrected chi connectivity index (χ2v) is 8.88. The highest BCUT2D eigenvalue weighted by molar-refractivity contribution is 7.98. The summed E-state index contributed by atoms with van der Waals surface area (Å²) in [7, 11) is -3.47. The third-order valence-electron chi connectivity index (χ3n) is 3.87. The molecule has 0 aliphatic carbocycles. The van der Waals surface area contributed by atoms with Gasteiger partial charge in [-0.25, -0.2) is 8.42 Å². The molecule has 23 heavy (non-hydrogen) atoms. The number of amides is 1. The van der Waals surface area contributed by atoms with Crippen LogP contribution in [-0.4, -0.2) is 56.0 Å². The first-order valence-corrected chi connectivity index (χ1v) is 10.4. The van der Waals surface area contributed by atoms with Gasteiger partial charge in [0.15, 0.2) is 0 Å². The Bertz CT molecular complexity index is 634. The summed E-state index contributed by atoms with van der Waals surface area (Å²) >= 11 is 1.58. The molecule has 1 amide bonds. The highest BCUT2D eigenvalue weighted by Crippen LogP contribution is 2.21. The van der Waals surface area contributed by atoms with Gasteiger partial charge >= 0.3 is 0 Å². The maximum atomic E-state index is 12.7. The molecule has 1 heterocycles. The van der Waals surface area contributed by atoms with Crippen molar-refractivity contribution in [3.8, 4) is 0 Å². The first kappa shape index (κ1) is 18.3. The molecule has 0 unspecified atom stereocenters. The van der Waals surface area contributed by atoms with Crippen molar-refractivity contribution in [1.82, 2.24) is 9.21 Å². The van der Waals surface area contributed by atoms with E-state index in [2.05, 4.69) is 0 Å². The fraction of sp³-hybridized carbons (Fsp3) is 0.562. The summed E-state index contributed by atoms with van der Waals surface area (Å²) in [5.74, 6) is 0.431. The van der Waals surface area contributed by atoms with Crippen LogP contribution < -0.4 is 0 Å². The minimum atomic E-state index is -3.47. The van der Waals surface area contributed by atoms with Crippen LogP contribution in [0.4, 0.5) is 0 Å². The van der Waals surface area contributed by atoms with Crippen molar-refractivity contribution in [1.29, 1.82) is 0 Å². The van der Waals surface area contributed by atoms with E-state index in [4.69, 9.17) is 0 Å². The molecule has 0 radical (unpaired) electrons. The third kappa shape index (κ3) is 4.49. The highest BCUT2D eigenvalue weighted by atomic mass is 32.2. The van der Waals surface area contributed by atoms with Crippen molar-refractivity contribution in [2.75, 3.05) is 32.4 Å². The Balaban J connectivity index is 2.01. The maximum Gasteiger partial charge on any atom is 0.243 e. The van der Waals surface area contributed by atoms with Crippen molar-refractivity contribution < 1.29 is 13.2 Å². The summed E-state index contributed by atoms with van der Waals surface area (Å²) in [5, 5.41) is 0. The van der Waals surface area contributed by atoms with Crippen molar-refractivity contribution in [3.05, 3.63) is 24.3 Å². The molecule has 1 saturated heterocycles. The number of thioether (sulfide) groups is 1. The van der Waals surface area contributed by atoms with Crippen molar-refractivity contribution in [3.63, 3.8) is 0 Å². The van der Waals surface area contributed by atoms with Crippen LogP contribution in [-0.2, 0) is 14.8 Å². The Morgan fingerprint density at radius 2 is 1.70 bits per heavy atom. The van der Waals surface area contributed by atoms with Crippen LogP contribution in [0.5, 0.6) is 0 Å². The van der Waals surface area contributed by atoms with E-state index in [1.54, 1.807) is 28.8 Å². The average Bonchev–Trinajstić information content (AvgIpc) is 2.54. The van der Waals surface area contributed by atoms with Gasteiger partial charge in [-0.2, -0.15) is 4.31 Å². The lowest BCUT2D eigenvalue weighted by atomic mass is 10.1. The van der Waals surface area contributed by atoms with E-state index in [1.165, 1.54) is 4.31 Å². The minimum absolute atomic E-state index is 0.112. The molecule has 128 valence electrons. The van der Waals surface area contributed by atoms with Crippen LogP contribution in [0.15, 0.2) is 34.1 Å². The fourth-order valence-corrected chi connectivity index (χ4v) is 4.38. The Labute approximate surface area is 143 Å². The number of benzene rings is 1. The lowest BCUT2D eigenvalue weighted by molar-refractivity contribution is -0.133. The Morgan fingerprint density at radius 3 is 2.17 bits per heavy atom. The SMILES string of the molecule is CSc1ccc(S(=O)(=O)N2CCN(C(=O)CC(C)C)CC2)cc1. The summed E-state index contributed by atoms with van der Waals surface area (Å²) in [5.41, 5.74) is 0. The van der Waals surface area contributed by atoms with Crippen molar-refractivity contribution in [2.24, 2.45) is 5.92 Å². The van der Waals surface area contributed by atoms with E-state index in [9.17, 15) is 13.2 Å². The molecular formula is C16H24N2O3S2. The van der Waals surface area contributed by atoms with Crippen LogP contribution in [0.2, 0.25) is 0 Å². The van der Waals surface area contributed by atoms with Crippen LogP contribution in [0.3, 0.4) is 0 Å². The second kappa shape index (κ2) is 7.68. The van der Waals surface area contributed by atoms with E-state index in [0.717, 1.165) is 4.90 Å². The second-order valence-electron chi connectivity index (χ2n) is 6.06. The molecule has 0 bridgehead atoms. The maximum absolute atomic E-state index is 12.7. The van der Waals surface area contributed by atoms with Gasteiger partial charge in [-0.05, 0) is 36.4 Å². The molecule has 0 saturated carbocycles. The smallest absolute Gasteiger partial charge is 0.243 e. The van der Waals surface area contributed by atoms with E-state index < -0.39 is 10.0 Å². The molecule has 0 aromatic heterocycles. The predicted molar refractivity (Wildman–Crippen MR) is 93.0 cm³/mol. The van der Waals surface area contributed by atoms with Crippen LogP contribution >= 0.6 is 11.8 Å². The number of nitrogens with zero attached hydrogens (tertiary/aromatic N) is 2. The first-order valence-electron chi connectivity index (χ1n) is 7.76. The molecule has 0 N–H and O–H groups in total. The zero-order valence-corrected chi connectivity index (χ0v) is 15.5. The van der Waals surface area contributed by atoms with Gasteiger partial charge in [0.2, 0.25) is 15.9 Å². The number of piperazine rings is 1. The Kier molecular flexibility index (Phi) is 6.11. The number of carbonyl (C=O) groups excluding carboxylic acids is 1.